The maximum atomic E-state index is 8.99. The van der Waals surface area contributed by atoms with Crippen LogP contribution in [0.25, 0.3) is 0 Å². The molecule has 0 amide bonds. The molecule has 1 fully saturated rings. The van der Waals surface area contributed by atoms with Crippen molar-refractivity contribution in [3.05, 3.63) is 0 Å². The van der Waals surface area contributed by atoms with Crippen LogP contribution in [0.1, 0.15) is 39.0 Å². The van der Waals surface area contributed by atoms with Gasteiger partial charge in [0.05, 0.1) is 0 Å². The van der Waals surface area contributed by atoms with E-state index in [9.17, 15) is 0 Å². The van der Waals surface area contributed by atoms with Gasteiger partial charge in [-0.15, -0.1) is 0 Å². The number of nitrogens with one attached hydrogen (secondary N) is 1. The van der Waals surface area contributed by atoms with E-state index >= 15 is 0 Å². The molecule has 0 radical (unpaired) electrons. The number of aliphatic hydroxyl groups excluding tert-OH is 1. The van der Waals surface area contributed by atoms with E-state index in [1.807, 2.05) is 0 Å². The molecule has 2 heteroatoms. The van der Waals surface area contributed by atoms with Gasteiger partial charge in [-0.25, -0.2) is 0 Å². The Bertz CT molecular complexity index is 87.3. The van der Waals surface area contributed by atoms with Gasteiger partial charge in [-0.3, -0.25) is 5.32 Å². The summed E-state index contributed by atoms with van der Waals surface area (Å²) in [5.74, 6) is 0. The summed E-state index contributed by atoms with van der Waals surface area (Å²) in [5, 5.41) is 12.1. The van der Waals surface area contributed by atoms with Gasteiger partial charge in [-0.05, 0) is 19.8 Å². The molecule has 1 saturated carbocycles. The Morgan fingerprint density at radius 3 is 2.40 bits per heavy atom. The molecule has 60 valence electrons. The lowest BCUT2D eigenvalue weighted by Gasteiger charge is -2.24. The number of hydrogen-bond acceptors (Lipinski definition) is 2. The first-order chi connectivity index (χ1) is 4.79. The van der Waals surface area contributed by atoms with Crippen molar-refractivity contribution in [2.75, 3.05) is 0 Å². The fourth-order valence-corrected chi connectivity index (χ4v) is 1.61. The number of hydrogen-bond donors (Lipinski definition) is 2. The molecule has 1 unspecified atom stereocenters. The molecule has 0 aromatic heterocycles. The highest BCUT2D eigenvalue weighted by Gasteiger charge is 2.13. The van der Waals surface area contributed by atoms with Crippen LogP contribution in [0.15, 0.2) is 0 Å². The summed E-state index contributed by atoms with van der Waals surface area (Å²) in [6, 6.07) is 0.578. The first kappa shape index (κ1) is 8.02. The van der Waals surface area contributed by atoms with E-state index < -0.39 is 0 Å². The Labute approximate surface area is 62.6 Å². The largest absolute Gasteiger partial charge is 0.379 e. The Balaban J connectivity index is 2.13. The average molecular weight is 143 g/mol. The van der Waals surface area contributed by atoms with Crippen LogP contribution in [-0.4, -0.2) is 17.4 Å². The van der Waals surface area contributed by atoms with Crippen molar-refractivity contribution in [3.63, 3.8) is 0 Å². The maximum absolute atomic E-state index is 8.99. The van der Waals surface area contributed by atoms with E-state index in [-0.39, 0.29) is 6.23 Å². The van der Waals surface area contributed by atoms with Crippen LogP contribution in [0.5, 0.6) is 0 Å². The maximum Gasteiger partial charge on any atom is 0.102 e. The Morgan fingerprint density at radius 2 is 1.90 bits per heavy atom. The zero-order valence-corrected chi connectivity index (χ0v) is 6.64. The first-order valence-corrected chi connectivity index (χ1v) is 4.23. The minimum Gasteiger partial charge on any atom is -0.379 e. The van der Waals surface area contributed by atoms with Crippen LogP contribution in [0.2, 0.25) is 0 Å². The van der Waals surface area contributed by atoms with E-state index in [4.69, 9.17) is 5.11 Å². The third-order valence-electron chi connectivity index (χ3n) is 2.08. The first-order valence-electron chi connectivity index (χ1n) is 4.23. The zero-order chi connectivity index (χ0) is 7.40. The predicted octanol–water partition coefficient (Wildman–Crippen LogP) is 1.25. The van der Waals surface area contributed by atoms with Gasteiger partial charge in [0.25, 0.3) is 0 Å². The average Bonchev–Trinajstić information content (AvgIpc) is 1.88. The summed E-state index contributed by atoms with van der Waals surface area (Å²) in [4.78, 5) is 0. The van der Waals surface area contributed by atoms with Gasteiger partial charge in [0.2, 0.25) is 0 Å². The van der Waals surface area contributed by atoms with Crippen LogP contribution in [0, 0.1) is 0 Å². The lowest BCUT2D eigenvalue weighted by molar-refractivity contribution is 0.130. The Morgan fingerprint density at radius 1 is 1.30 bits per heavy atom. The van der Waals surface area contributed by atoms with Crippen LogP contribution >= 0.6 is 0 Å². The van der Waals surface area contributed by atoms with Gasteiger partial charge >= 0.3 is 0 Å². The Kier molecular flexibility index (Phi) is 3.16. The van der Waals surface area contributed by atoms with Gasteiger partial charge in [0.15, 0.2) is 0 Å². The molecule has 2 N–H and O–H groups in total. The van der Waals surface area contributed by atoms with E-state index in [0.29, 0.717) is 6.04 Å². The van der Waals surface area contributed by atoms with Gasteiger partial charge in [0, 0.05) is 6.04 Å². The van der Waals surface area contributed by atoms with Crippen molar-refractivity contribution in [2.24, 2.45) is 0 Å². The topological polar surface area (TPSA) is 32.3 Å². The third kappa shape index (κ3) is 2.67. The molecule has 1 aliphatic rings. The van der Waals surface area contributed by atoms with E-state index in [1.54, 1.807) is 6.92 Å². The van der Waals surface area contributed by atoms with Crippen molar-refractivity contribution in [1.82, 2.24) is 5.32 Å². The molecule has 2 nitrogen and oxygen atoms in total. The molecule has 0 saturated heterocycles. The van der Waals surface area contributed by atoms with Crippen LogP contribution < -0.4 is 5.32 Å². The molecular formula is C8H17NO. The van der Waals surface area contributed by atoms with Crippen molar-refractivity contribution in [2.45, 2.75) is 51.3 Å². The zero-order valence-electron chi connectivity index (χ0n) is 6.64. The summed E-state index contributed by atoms with van der Waals surface area (Å²) in [6.45, 7) is 1.79. The fourth-order valence-electron chi connectivity index (χ4n) is 1.61. The summed E-state index contributed by atoms with van der Waals surface area (Å²) < 4.78 is 0. The fraction of sp³-hybridized carbons (Fsp3) is 1.00. The van der Waals surface area contributed by atoms with Crippen molar-refractivity contribution in [3.8, 4) is 0 Å². The SMILES string of the molecule is CC(O)NC1CCCCC1. The molecule has 0 aliphatic heterocycles. The highest BCUT2D eigenvalue weighted by molar-refractivity contribution is 4.71. The highest BCUT2D eigenvalue weighted by atomic mass is 16.3. The minimum absolute atomic E-state index is 0.330. The molecule has 0 spiro atoms. The standard InChI is InChI=1S/C8H17NO/c1-7(10)9-8-5-3-2-4-6-8/h7-10H,2-6H2,1H3. The monoisotopic (exact) mass is 143 g/mol. The summed E-state index contributed by atoms with van der Waals surface area (Å²) in [5.41, 5.74) is 0. The summed E-state index contributed by atoms with van der Waals surface area (Å²) in [7, 11) is 0. The quantitative estimate of drug-likeness (QED) is 0.570. The molecule has 0 heterocycles. The number of rotatable bonds is 2. The van der Waals surface area contributed by atoms with Crippen LogP contribution in [0.3, 0.4) is 0 Å². The molecule has 1 rings (SSSR count). The molecule has 1 atom stereocenters. The second-order valence-corrected chi connectivity index (χ2v) is 3.18. The smallest absolute Gasteiger partial charge is 0.102 e. The van der Waals surface area contributed by atoms with Crippen molar-refractivity contribution in [1.29, 1.82) is 0 Å². The second kappa shape index (κ2) is 3.94. The second-order valence-electron chi connectivity index (χ2n) is 3.18. The molecule has 1 aliphatic carbocycles. The normalized spacial score (nSPS) is 24.6. The molecule has 10 heavy (non-hydrogen) atoms. The van der Waals surface area contributed by atoms with Gasteiger partial charge in [-0.2, -0.15) is 0 Å². The van der Waals surface area contributed by atoms with Gasteiger partial charge < -0.3 is 5.11 Å². The molecule has 0 aromatic rings. The Hall–Kier alpha value is -0.0800. The molecule has 0 aromatic carbocycles. The van der Waals surface area contributed by atoms with Gasteiger partial charge in [-0.1, -0.05) is 19.3 Å². The lowest BCUT2D eigenvalue weighted by atomic mass is 9.95. The van der Waals surface area contributed by atoms with Crippen molar-refractivity contribution < 1.29 is 5.11 Å². The lowest BCUT2D eigenvalue weighted by Crippen LogP contribution is -2.37. The summed E-state index contributed by atoms with van der Waals surface area (Å²) in [6.07, 6.45) is 6.17. The van der Waals surface area contributed by atoms with E-state index in [1.165, 1.54) is 32.1 Å². The van der Waals surface area contributed by atoms with Crippen molar-refractivity contribution >= 4 is 0 Å². The van der Waals surface area contributed by atoms with E-state index in [2.05, 4.69) is 5.32 Å². The van der Waals surface area contributed by atoms with Gasteiger partial charge in [0.1, 0.15) is 6.23 Å². The minimum atomic E-state index is -0.330. The molecule has 0 bridgehead atoms. The number of aliphatic hydroxyl groups is 1. The van der Waals surface area contributed by atoms with Crippen LogP contribution in [0.4, 0.5) is 0 Å². The van der Waals surface area contributed by atoms with Crippen LogP contribution in [-0.2, 0) is 0 Å². The third-order valence-corrected chi connectivity index (χ3v) is 2.08. The highest BCUT2D eigenvalue weighted by Crippen LogP contribution is 2.17. The predicted molar refractivity (Wildman–Crippen MR) is 41.7 cm³/mol. The summed E-state index contributed by atoms with van der Waals surface area (Å²) >= 11 is 0. The van der Waals surface area contributed by atoms with E-state index in [0.717, 1.165) is 0 Å². The molecular weight excluding hydrogens is 126 g/mol.